The van der Waals surface area contributed by atoms with Crippen LogP contribution in [0.4, 0.5) is 5.69 Å². The summed E-state index contributed by atoms with van der Waals surface area (Å²) in [6, 6.07) is 4.65. The molecule has 0 saturated heterocycles. The van der Waals surface area contributed by atoms with Crippen LogP contribution in [0.2, 0.25) is 0 Å². The molecule has 1 saturated carbocycles. The number of benzene rings is 1. The van der Waals surface area contributed by atoms with Gasteiger partial charge < -0.3 is 10.1 Å². The molecular formula is C18H21NO5. The Hall–Kier alpha value is -2.50. The summed E-state index contributed by atoms with van der Waals surface area (Å²) in [4.78, 5) is 48.2. The number of amides is 1. The van der Waals surface area contributed by atoms with Gasteiger partial charge >= 0.3 is 5.97 Å². The van der Waals surface area contributed by atoms with Crippen molar-refractivity contribution in [2.24, 2.45) is 11.3 Å². The molecule has 0 aromatic heterocycles. The minimum absolute atomic E-state index is 0.205. The highest BCUT2D eigenvalue weighted by Crippen LogP contribution is 2.34. The molecule has 1 N–H and O–H groups in total. The number of hydrogen-bond donors (Lipinski definition) is 1. The van der Waals surface area contributed by atoms with E-state index in [0.29, 0.717) is 16.8 Å². The number of ketones is 2. The highest BCUT2D eigenvalue weighted by Gasteiger charge is 2.43. The second kappa shape index (κ2) is 6.55. The fourth-order valence-corrected chi connectivity index (χ4v) is 2.94. The fraction of sp³-hybridized carbons (Fsp3) is 0.444. The molecule has 0 atom stereocenters. The molecule has 128 valence electrons. The van der Waals surface area contributed by atoms with Crippen LogP contribution in [-0.2, 0) is 19.1 Å². The van der Waals surface area contributed by atoms with Crippen molar-refractivity contribution in [3.8, 4) is 0 Å². The minimum Gasteiger partial charge on any atom is -0.465 e. The van der Waals surface area contributed by atoms with Crippen LogP contribution >= 0.6 is 0 Å². The number of carbonyl (C=O) groups excluding carboxylic acids is 4. The van der Waals surface area contributed by atoms with Crippen molar-refractivity contribution in [3.05, 3.63) is 29.3 Å². The molecule has 0 spiro atoms. The average Bonchev–Trinajstić information content (AvgIpc) is 2.46. The molecule has 0 unspecified atom stereocenters. The Labute approximate surface area is 140 Å². The van der Waals surface area contributed by atoms with Gasteiger partial charge in [0, 0.05) is 18.5 Å². The summed E-state index contributed by atoms with van der Waals surface area (Å²) in [5, 5.41) is 2.62. The van der Waals surface area contributed by atoms with Crippen LogP contribution in [0.1, 0.15) is 42.6 Å². The van der Waals surface area contributed by atoms with Crippen molar-refractivity contribution in [2.75, 3.05) is 12.4 Å². The van der Waals surface area contributed by atoms with Gasteiger partial charge in [0.25, 0.3) is 0 Å². The predicted molar refractivity (Wildman–Crippen MR) is 87.7 cm³/mol. The smallest absolute Gasteiger partial charge is 0.337 e. The van der Waals surface area contributed by atoms with E-state index in [2.05, 4.69) is 10.1 Å². The summed E-state index contributed by atoms with van der Waals surface area (Å²) in [6.45, 7) is 5.40. The number of methoxy groups -OCH3 is 1. The SMILES string of the molecule is COC(=O)c1ccc(NC(=O)C2C(=O)CC(C)(C)CC2=O)c(C)c1. The first kappa shape index (κ1) is 17.8. The maximum atomic E-state index is 12.4. The van der Waals surface area contributed by atoms with E-state index in [1.807, 2.05) is 13.8 Å². The van der Waals surface area contributed by atoms with Crippen LogP contribution in [0, 0.1) is 18.3 Å². The summed E-state index contributed by atoms with van der Waals surface area (Å²) in [7, 11) is 1.29. The Bertz CT molecular complexity index is 700. The molecular weight excluding hydrogens is 310 g/mol. The second-order valence-electron chi connectivity index (χ2n) is 6.89. The summed E-state index contributed by atoms with van der Waals surface area (Å²) in [5.74, 6) is -3.04. The van der Waals surface area contributed by atoms with Gasteiger partial charge in [-0.25, -0.2) is 4.79 Å². The summed E-state index contributed by atoms with van der Waals surface area (Å²) >= 11 is 0. The van der Waals surface area contributed by atoms with E-state index < -0.39 is 23.2 Å². The van der Waals surface area contributed by atoms with Gasteiger partial charge in [-0.1, -0.05) is 13.8 Å². The first-order valence-corrected chi connectivity index (χ1v) is 7.70. The van der Waals surface area contributed by atoms with Crippen molar-refractivity contribution >= 4 is 29.1 Å². The zero-order valence-electron chi connectivity index (χ0n) is 14.3. The standard InChI is InChI=1S/C18H21NO5/c1-10-7-11(17(23)24-4)5-6-12(10)19-16(22)15-13(20)8-18(2,3)9-14(15)21/h5-7,15H,8-9H2,1-4H3,(H,19,22). The van der Waals surface area contributed by atoms with Crippen LogP contribution in [0.5, 0.6) is 0 Å². The van der Waals surface area contributed by atoms with Crippen molar-refractivity contribution in [1.82, 2.24) is 0 Å². The molecule has 0 heterocycles. The fourth-order valence-electron chi connectivity index (χ4n) is 2.94. The lowest BCUT2D eigenvalue weighted by Gasteiger charge is -2.31. The molecule has 1 aliphatic carbocycles. The van der Waals surface area contributed by atoms with Gasteiger partial charge in [0.15, 0.2) is 17.5 Å². The number of ether oxygens (including phenoxy) is 1. The third-order valence-electron chi connectivity index (χ3n) is 4.12. The predicted octanol–water partition coefficient (Wildman–Crippen LogP) is 2.29. The van der Waals surface area contributed by atoms with Crippen molar-refractivity contribution in [2.45, 2.75) is 33.6 Å². The molecule has 24 heavy (non-hydrogen) atoms. The van der Waals surface area contributed by atoms with E-state index in [1.54, 1.807) is 19.1 Å². The van der Waals surface area contributed by atoms with Crippen LogP contribution in [-0.4, -0.2) is 30.6 Å². The van der Waals surface area contributed by atoms with E-state index >= 15 is 0 Å². The Kier molecular flexibility index (Phi) is 4.87. The van der Waals surface area contributed by atoms with E-state index in [1.165, 1.54) is 13.2 Å². The minimum atomic E-state index is -1.25. The number of esters is 1. The largest absolute Gasteiger partial charge is 0.465 e. The number of nitrogens with one attached hydrogen (secondary N) is 1. The lowest BCUT2D eigenvalue weighted by Crippen LogP contribution is -2.44. The lowest BCUT2D eigenvalue weighted by atomic mass is 9.71. The lowest BCUT2D eigenvalue weighted by molar-refractivity contribution is -0.144. The van der Waals surface area contributed by atoms with Crippen molar-refractivity contribution < 1.29 is 23.9 Å². The highest BCUT2D eigenvalue weighted by molar-refractivity contribution is 6.23. The van der Waals surface area contributed by atoms with Crippen LogP contribution in [0.3, 0.4) is 0 Å². The summed E-state index contributed by atoms with van der Waals surface area (Å²) in [6.07, 6.45) is 0.411. The number of hydrogen-bond acceptors (Lipinski definition) is 5. The topological polar surface area (TPSA) is 89.5 Å². The molecule has 0 bridgehead atoms. The van der Waals surface area contributed by atoms with Gasteiger partial charge in [-0.15, -0.1) is 0 Å². The molecule has 2 rings (SSSR count). The van der Waals surface area contributed by atoms with E-state index in [-0.39, 0.29) is 24.4 Å². The normalized spacial score (nSPS) is 17.5. The van der Waals surface area contributed by atoms with Crippen molar-refractivity contribution in [1.29, 1.82) is 0 Å². The first-order valence-electron chi connectivity index (χ1n) is 7.70. The quantitative estimate of drug-likeness (QED) is 0.678. The molecule has 1 amide bonds. The van der Waals surface area contributed by atoms with Crippen LogP contribution in [0.25, 0.3) is 0 Å². The number of rotatable bonds is 3. The van der Waals surface area contributed by atoms with Crippen LogP contribution in [0.15, 0.2) is 18.2 Å². The maximum Gasteiger partial charge on any atom is 0.337 e. The number of Topliss-reactive ketones (excluding diaryl/α,β-unsaturated/α-hetero) is 2. The van der Waals surface area contributed by atoms with Gasteiger partial charge in [-0.05, 0) is 36.1 Å². The van der Waals surface area contributed by atoms with E-state index in [0.717, 1.165) is 0 Å². The first-order chi connectivity index (χ1) is 11.1. The third kappa shape index (κ3) is 3.69. The number of aryl methyl sites for hydroxylation is 1. The zero-order valence-corrected chi connectivity index (χ0v) is 14.3. The van der Waals surface area contributed by atoms with Gasteiger partial charge in [-0.3, -0.25) is 14.4 Å². The maximum absolute atomic E-state index is 12.4. The molecule has 6 heteroatoms. The molecule has 0 aliphatic heterocycles. The third-order valence-corrected chi connectivity index (χ3v) is 4.12. The molecule has 1 aromatic rings. The molecule has 0 radical (unpaired) electrons. The molecule has 6 nitrogen and oxygen atoms in total. The van der Waals surface area contributed by atoms with E-state index in [4.69, 9.17) is 0 Å². The number of anilines is 1. The van der Waals surface area contributed by atoms with Crippen molar-refractivity contribution in [3.63, 3.8) is 0 Å². The zero-order chi connectivity index (χ0) is 18.1. The van der Waals surface area contributed by atoms with Gasteiger partial charge in [-0.2, -0.15) is 0 Å². The monoisotopic (exact) mass is 331 g/mol. The van der Waals surface area contributed by atoms with Gasteiger partial charge in [0.2, 0.25) is 5.91 Å². The van der Waals surface area contributed by atoms with Crippen LogP contribution < -0.4 is 5.32 Å². The average molecular weight is 331 g/mol. The molecule has 1 fully saturated rings. The summed E-state index contributed by atoms with van der Waals surface area (Å²) < 4.78 is 4.64. The number of carbonyl (C=O) groups is 4. The summed E-state index contributed by atoms with van der Waals surface area (Å²) in [5.41, 5.74) is 1.06. The Balaban J connectivity index is 2.17. The Morgan fingerprint density at radius 2 is 1.75 bits per heavy atom. The van der Waals surface area contributed by atoms with E-state index in [9.17, 15) is 19.2 Å². The molecule has 1 aliphatic rings. The van der Waals surface area contributed by atoms with Gasteiger partial charge in [0.05, 0.1) is 12.7 Å². The second-order valence-corrected chi connectivity index (χ2v) is 6.89. The highest BCUT2D eigenvalue weighted by atomic mass is 16.5. The molecule has 1 aromatic carbocycles. The van der Waals surface area contributed by atoms with Gasteiger partial charge in [0.1, 0.15) is 0 Å². The Morgan fingerprint density at radius 3 is 2.25 bits per heavy atom. The Morgan fingerprint density at radius 1 is 1.17 bits per heavy atom.